The van der Waals surface area contributed by atoms with Crippen LogP contribution in [0.15, 0.2) is 24.0 Å². The van der Waals surface area contributed by atoms with Gasteiger partial charge in [-0.2, -0.15) is 5.10 Å². The third-order valence-electron chi connectivity index (χ3n) is 5.16. The average molecular weight is 347 g/mol. The van der Waals surface area contributed by atoms with Gasteiger partial charge in [-0.1, -0.05) is 0 Å². The molecular weight excluding hydrogens is 322 g/mol. The fraction of sp³-hybridized carbons (Fsp3) is 0.647. The molecule has 7 heteroatoms. The van der Waals surface area contributed by atoms with Gasteiger partial charge in [0.15, 0.2) is 0 Å². The molecule has 4 heterocycles. The lowest BCUT2D eigenvalue weighted by Crippen LogP contribution is -2.50. The fourth-order valence-electron chi connectivity index (χ4n) is 4.02. The largest absolute Gasteiger partial charge is 0.379 e. The van der Waals surface area contributed by atoms with Crippen molar-refractivity contribution in [2.75, 3.05) is 32.8 Å². The molecule has 2 fully saturated rings. The molecule has 2 aromatic heterocycles. The lowest BCUT2D eigenvalue weighted by Gasteiger charge is -2.37. The van der Waals surface area contributed by atoms with Crippen LogP contribution in [0.4, 0.5) is 0 Å². The topological polar surface area (TPSA) is 46.4 Å². The van der Waals surface area contributed by atoms with Crippen LogP contribution in [-0.4, -0.2) is 69.5 Å². The van der Waals surface area contributed by atoms with E-state index in [-0.39, 0.29) is 0 Å². The first kappa shape index (κ1) is 16.2. The smallest absolute Gasteiger partial charge is 0.107 e. The number of aromatic nitrogens is 3. The molecule has 0 radical (unpaired) electrons. The molecule has 0 saturated carbocycles. The molecule has 0 aromatic carbocycles. The number of rotatable bonds is 5. The van der Waals surface area contributed by atoms with Crippen LogP contribution in [0.1, 0.15) is 17.0 Å². The van der Waals surface area contributed by atoms with Crippen LogP contribution < -0.4 is 0 Å². The van der Waals surface area contributed by atoms with E-state index in [9.17, 15) is 0 Å². The minimum absolute atomic E-state index is 0.524. The monoisotopic (exact) mass is 347 g/mol. The fourth-order valence-corrected chi connectivity index (χ4v) is 4.66. The van der Waals surface area contributed by atoms with Crippen molar-refractivity contribution in [1.29, 1.82) is 0 Å². The van der Waals surface area contributed by atoms with Crippen LogP contribution in [0, 0.1) is 0 Å². The molecule has 6 nitrogen and oxygen atoms in total. The normalized spacial score (nSPS) is 26.2. The summed E-state index contributed by atoms with van der Waals surface area (Å²) in [6, 6.07) is 1.13. The van der Waals surface area contributed by atoms with Crippen molar-refractivity contribution in [2.24, 2.45) is 7.05 Å². The van der Waals surface area contributed by atoms with Crippen LogP contribution in [0.25, 0.3) is 0 Å². The molecule has 2 saturated heterocycles. The third-order valence-corrected chi connectivity index (χ3v) is 5.93. The SMILES string of the molecule is Cn1cc(C[C@@H]2[C@@H](N3CCOCC3)CCN2Cc2nccs2)cn1. The summed E-state index contributed by atoms with van der Waals surface area (Å²) in [6.45, 7) is 5.94. The Morgan fingerprint density at radius 3 is 2.88 bits per heavy atom. The second-order valence-corrected chi connectivity index (χ2v) is 7.67. The zero-order chi connectivity index (χ0) is 16.4. The molecule has 0 spiro atoms. The highest BCUT2D eigenvalue weighted by Crippen LogP contribution is 2.28. The van der Waals surface area contributed by atoms with E-state index in [1.54, 1.807) is 11.3 Å². The lowest BCUT2D eigenvalue weighted by molar-refractivity contribution is 0.00788. The summed E-state index contributed by atoms with van der Waals surface area (Å²) >= 11 is 1.76. The number of morpholine rings is 1. The molecule has 2 aliphatic heterocycles. The number of nitrogens with zero attached hydrogens (tertiary/aromatic N) is 5. The van der Waals surface area contributed by atoms with Gasteiger partial charge >= 0.3 is 0 Å². The standard InChI is InChI=1S/C17H25N5OS/c1-20-12-14(11-19-20)10-16-15(21-5-7-23-8-6-21)2-4-22(16)13-17-18-3-9-24-17/h3,9,11-12,15-16H,2,4-8,10,13H2,1H3/t15-,16+/m0/s1. The lowest BCUT2D eigenvalue weighted by atomic mass is 10.0. The Balaban J connectivity index is 1.52. The first-order valence-corrected chi connectivity index (χ1v) is 9.59. The number of thiazole rings is 1. The van der Waals surface area contributed by atoms with Crippen molar-refractivity contribution in [3.63, 3.8) is 0 Å². The van der Waals surface area contributed by atoms with Crippen LogP contribution in [0.3, 0.4) is 0 Å². The highest BCUT2D eigenvalue weighted by molar-refractivity contribution is 7.09. The van der Waals surface area contributed by atoms with E-state index in [1.165, 1.54) is 17.0 Å². The highest BCUT2D eigenvalue weighted by atomic mass is 32.1. The number of hydrogen-bond donors (Lipinski definition) is 0. The van der Waals surface area contributed by atoms with Gasteiger partial charge in [0, 0.05) is 56.5 Å². The minimum atomic E-state index is 0.524. The Morgan fingerprint density at radius 2 is 2.17 bits per heavy atom. The first-order valence-electron chi connectivity index (χ1n) is 8.71. The van der Waals surface area contributed by atoms with Crippen LogP contribution in [0.2, 0.25) is 0 Å². The van der Waals surface area contributed by atoms with Gasteiger partial charge in [0.1, 0.15) is 5.01 Å². The van der Waals surface area contributed by atoms with Crippen molar-refractivity contribution in [3.8, 4) is 0 Å². The number of aryl methyl sites for hydroxylation is 1. The van der Waals surface area contributed by atoms with E-state index in [1.807, 2.05) is 24.1 Å². The van der Waals surface area contributed by atoms with E-state index in [0.29, 0.717) is 12.1 Å². The van der Waals surface area contributed by atoms with Crippen molar-refractivity contribution < 1.29 is 4.74 Å². The van der Waals surface area contributed by atoms with Gasteiger partial charge in [-0.3, -0.25) is 14.5 Å². The first-order chi connectivity index (χ1) is 11.8. The predicted octanol–water partition coefficient (Wildman–Crippen LogP) is 1.39. The van der Waals surface area contributed by atoms with Gasteiger partial charge in [0.25, 0.3) is 0 Å². The van der Waals surface area contributed by atoms with Gasteiger partial charge in [-0.05, 0) is 18.4 Å². The molecule has 0 N–H and O–H groups in total. The summed E-state index contributed by atoms with van der Waals surface area (Å²) in [5.41, 5.74) is 1.33. The molecule has 0 bridgehead atoms. The maximum atomic E-state index is 5.55. The molecule has 4 rings (SSSR count). The summed E-state index contributed by atoms with van der Waals surface area (Å²) in [5, 5.41) is 7.64. The van der Waals surface area contributed by atoms with E-state index in [4.69, 9.17) is 4.74 Å². The van der Waals surface area contributed by atoms with Gasteiger partial charge in [0.2, 0.25) is 0 Å². The summed E-state index contributed by atoms with van der Waals surface area (Å²) in [6.07, 6.45) is 8.36. The molecule has 2 aromatic rings. The predicted molar refractivity (Wildman–Crippen MR) is 94.0 cm³/mol. The van der Waals surface area contributed by atoms with Crippen molar-refractivity contribution in [3.05, 3.63) is 34.5 Å². The van der Waals surface area contributed by atoms with Gasteiger partial charge in [0.05, 0.1) is 26.0 Å². The number of hydrogen-bond acceptors (Lipinski definition) is 6. The van der Waals surface area contributed by atoms with E-state index < -0.39 is 0 Å². The Bertz CT molecular complexity index is 637. The molecule has 2 aliphatic rings. The second-order valence-electron chi connectivity index (χ2n) is 6.69. The molecular formula is C17H25N5OS. The zero-order valence-corrected chi connectivity index (χ0v) is 15.0. The minimum Gasteiger partial charge on any atom is -0.379 e. The summed E-state index contributed by atoms with van der Waals surface area (Å²) in [4.78, 5) is 9.74. The van der Waals surface area contributed by atoms with Gasteiger partial charge < -0.3 is 4.74 Å². The van der Waals surface area contributed by atoms with E-state index in [0.717, 1.165) is 45.8 Å². The quantitative estimate of drug-likeness (QED) is 0.818. The maximum Gasteiger partial charge on any atom is 0.107 e. The maximum absolute atomic E-state index is 5.55. The molecule has 24 heavy (non-hydrogen) atoms. The summed E-state index contributed by atoms with van der Waals surface area (Å²) < 4.78 is 7.45. The van der Waals surface area contributed by atoms with Crippen molar-refractivity contribution in [2.45, 2.75) is 31.5 Å². The number of ether oxygens (including phenoxy) is 1. The summed E-state index contributed by atoms with van der Waals surface area (Å²) in [7, 11) is 1.99. The van der Waals surface area contributed by atoms with Crippen LogP contribution in [-0.2, 0) is 24.8 Å². The summed E-state index contributed by atoms with van der Waals surface area (Å²) in [5.74, 6) is 0. The van der Waals surface area contributed by atoms with Crippen molar-refractivity contribution >= 4 is 11.3 Å². The number of likely N-dealkylation sites (tertiary alicyclic amines) is 1. The second kappa shape index (κ2) is 7.31. The van der Waals surface area contributed by atoms with Gasteiger partial charge in [-0.15, -0.1) is 11.3 Å². The molecule has 2 atom stereocenters. The van der Waals surface area contributed by atoms with Crippen LogP contribution in [0.5, 0.6) is 0 Å². The van der Waals surface area contributed by atoms with Crippen molar-refractivity contribution in [1.82, 2.24) is 24.6 Å². The average Bonchev–Trinajstić information content (AvgIpc) is 3.33. The van der Waals surface area contributed by atoms with Gasteiger partial charge in [-0.25, -0.2) is 4.98 Å². The highest BCUT2D eigenvalue weighted by Gasteiger charge is 2.38. The molecule has 130 valence electrons. The Labute approximate surface area is 147 Å². The Kier molecular flexibility index (Phi) is 4.93. The molecule has 0 amide bonds. The third kappa shape index (κ3) is 3.54. The molecule has 0 aliphatic carbocycles. The van der Waals surface area contributed by atoms with E-state index in [2.05, 4.69) is 31.5 Å². The van der Waals surface area contributed by atoms with E-state index >= 15 is 0 Å². The molecule has 0 unspecified atom stereocenters. The zero-order valence-electron chi connectivity index (χ0n) is 14.2. The van der Waals surface area contributed by atoms with Crippen LogP contribution >= 0.6 is 11.3 Å². The Morgan fingerprint density at radius 1 is 1.29 bits per heavy atom. The Hall–Kier alpha value is -1.28.